The largest absolute Gasteiger partial charge is 0.456 e. The summed E-state index contributed by atoms with van der Waals surface area (Å²) >= 11 is 0. The third-order valence-electron chi connectivity index (χ3n) is 4.12. The van der Waals surface area contributed by atoms with Crippen LogP contribution in [0.4, 0.5) is 0 Å². The quantitative estimate of drug-likeness (QED) is 0.139. The molecule has 0 aliphatic rings. The number of unbranched alkanes of at least 4 members (excludes halogenated alkanes) is 8. The van der Waals surface area contributed by atoms with Gasteiger partial charge in [-0.1, -0.05) is 58.3 Å². The summed E-state index contributed by atoms with van der Waals surface area (Å²) < 4.78 is 10.0. The molecular weight excluding hydrogens is 470 g/mol. The molecule has 0 fully saturated rings. The van der Waals surface area contributed by atoms with Crippen LogP contribution >= 0.6 is 0 Å². The Morgan fingerprint density at radius 3 is 1.78 bits per heavy atom. The molecule has 7 nitrogen and oxygen atoms in total. The maximum absolute atomic E-state index is 11.9. The normalized spacial score (nSPS) is 8.92. The highest BCUT2D eigenvalue weighted by Gasteiger charge is 2.15. The Labute approximate surface area is 238 Å². The SMILES string of the molecule is C#CC#CC#CC#CC#CC#CC(=O)OC[C@H](CO)OC(=O)CCCCCCCCCCC.CC(N)=O.[HH].[HH].[HH].[HH].[HH].[HH].[HH].[HH].[HH].[HH].[HH]. The number of carbonyl (C=O) groups excluding carboxylic acids is 3. The van der Waals surface area contributed by atoms with Crippen LogP contribution in [0.15, 0.2) is 0 Å². The lowest BCUT2D eigenvalue weighted by molar-refractivity contribution is -0.159. The van der Waals surface area contributed by atoms with E-state index in [4.69, 9.17) is 15.9 Å². The van der Waals surface area contributed by atoms with E-state index in [2.05, 4.69) is 77.8 Å². The van der Waals surface area contributed by atoms with E-state index in [0.717, 1.165) is 19.3 Å². The van der Waals surface area contributed by atoms with Crippen molar-refractivity contribution < 1.29 is 44.7 Å². The van der Waals surface area contributed by atoms with Crippen LogP contribution in [-0.2, 0) is 23.9 Å². The zero-order valence-corrected chi connectivity index (χ0v) is 21.7. The van der Waals surface area contributed by atoms with Gasteiger partial charge in [-0.05, 0) is 65.6 Å². The Morgan fingerprint density at radius 2 is 1.30 bits per heavy atom. The lowest BCUT2D eigenvalue weighted by Crippen LogP contribution is -2.28. The van der Waals surface area contributed by atoms with Crippen LogP contribution in [0.2, 0.25) is 0 Å². The van der Waals surface area contributed by atoms with E-state index in [1.165, 1.54) is 45.4 Å². The first-order chi connectivity index (χ1) is 17.9. The first-order valence-corrected chi connectivity index (χ1v) is 12.1. The fourth-order valence-corrected chi connectivity index (χ4v) is 2.49. The lowest BCUT2D eigenvalue weighted by atomic mass is 10.1. The Hall–Kier alpha value is -4.27. The minimum Gasteiger partial charge on any atom is -0.456 e. The molecule has 0 aromatic rings. The van der Waals surface area contributed by atoms with Gasteiger partial charge in [-0.25, -0.2) is 4.79 Å². The Balaban J connectivity index is -0.0000000700. The number of aliphatic hydroxyl groups is 1. The molecule has 0 aromatic heterocycles. The Kier molecular flexibility index (Phi) is 26.4. The predicted octanol–water partition coefficient (Wildman–Crippen LogP) is 5.20. The van der Waals surface area contributed by atoms with Gasteiger partial charge in [0.25, 0.3) is 0 Å². The van der Waals surface area contributed by atoms with Crippen molar-refractivity contribution in [2.75, 3.05) is 13.2 Å². The number of esters is 2. The van der Waals surface area contributed by atoms with Crippen molar-refractivity contribution >= 4 is 17.8 Å². The van der Waals surface area contributed by atoms with Gasteiger partial charge in [0, 0.05) is 35.0 Å². The molecule has 7 heteroatoms. The highest BCUT2D eigenvalue weighted by atomic mass is 16.6. The number of rotatable bonds is 14. The number of ether oxygens (including phenoxy) is 2. The van der Waals surface area contributed by atoms with Crippen molar-refractivity contribution in [3.63, 3.8) is 0 Å². The second-order valence-electron chi connectivity index (χ2n) is 7.48. The lowest BCUT2D eigenvalue weighted by Gasteiger charge is -2.14. The number of amides is 1. The minimum atomic E-state index is -0.921. The number of primary amides is 1. The summed E-state index contributed by atoms with van der Waals surface area (Å²) in [6, 6.07) is 0. The summed E-state index contributed by atoms with van der Waals surface area (Å²) in [6.45, 7) is 2.77. The fraction of sp³-hybridized carbons (Fsp3) is 0.500. The van der Waals surface area contributed by atoms with E-state index in [9.17, 15) is 19.5 Å². The third-order valence-corrected chi connectivity index (χ3v) is 4.12. The van der Waals surface area contributed by atoms with E-state index in [-0.39, 0.29) is 34.6 Å². The van der Waals surface area contributed by atoms with Gasteiger partial charge in [0.1, 0.15) is 6.61 Å². The molecule has 0 aliphatic carbocycles. The molecule has 0 saturated carbocycles. The molecule has 0 aromatic carbocycles. The van der Waals surface area contributed by atoms with Crippen LogP contribution in [0.1, 0.15) is 93.7 Å². The van der Waals surface area contributed by atoms with Crippen LogP contribution in [0, 0.1) is 71.5 Å². The first-order valence-electron chi connectivity index (χ1n) is 12.1. The van der Waals surface area contributed by atoms with Crippen molar-refractivity contribution in [2.45, 2.75) is 84.2 Å². The van der Waals surface area contributed by atoms with Crippen molar-refractivity contribution in [1.29, 1.82) is 0 Å². The number of hydrogen-bond donors (Lipinski definition) is 2. The second-order valence-corrected chi connectivity index (χ2v) is 7.48. The van der Waals surface area contributed by atoms with Gasteiger partial charge in [-0.15, -0.1) is 6.42 Å². The van der Waals surface area contributed by atoms with E-state index in [1.54, 1.807) is 0 Å². The zero-order chi connectivity index (χ0) is 28.0. The minimum absolute atomic E-state index is 0. The number of terminal acetylenes is 1. The molecule has 0 heterocycles. The van der Waals surface area contributed by atoms with Gasteiger partial charge in [0.2, 0.25) is 5.91 Å². The van der Waals surface area contributed by atoms with Gasteiger partial charge < -0.3 is 20.3 Å². The molecule has 1 amide bonds. The molecule has 0 spiro atoms. The maximum Gasteiger partial charge on any atom is 0.385 e. The number of nitrogens with two attached hydrogens (primary N) is 1. The zero-order valence-electron chi connectivity index (χ0n) is 21.7. The van der Waals surface area contributed by atoms with E-state index in [0.29, 0.717) is 0 Å². The van der Waals surface area contributed by atoms with Crippen molar-refractivity contribution in [3.8, 4) is 71.5 Å². The van der Waals surface area contributed by atoms with Crippen LogP contribution in [0.5, 0.6) is 0 Å². The smallest absolute Gasteiger partial charge is 0.385 e. The highest BCUT2D eigenvalue weighted by molar-refractivity contribution is 5.89. The standard InChI is InChI=1S/C28H30O5.C2H5NO.11H2/c1-3-5-7-9-11-13-15-16-18-20-22-27(30)32-25-26(24-29)33-28(31)23-21-19-17-14-12-10-8-6-4-2;1-2(3)4;;;;;;;;;;;/h1,26,29H,4,6,8,10,12,14,17,19,21,23-25H2,2H3;1H3,(H2,3,4);11*1H/t26-;;;;;;;;;;;;/m0............/s1. The average Bonchev–Trinajstić information content (AvgIpc) is 2.86. The number of aliphatic hydroxyl groups excluding tert-OH is 1. The molecular formula is C30H57NO6. The average molecular weight is 528 g/mol. The Morgan fingerprint density at radius 1 is 0.838 bits per heavy atom. The highest BCUT2D eigenvalue weighted by Crippen LogP contribution is 2.11. The molecule has 1 atom stereocenters. The third kappa shape index (κ3) is 31.7. The summed E-state index contributed by atoms with van der Waals surface area (Å²) in [7, 11) is 0. The van der Waals surface area contributed by atoms with Gasteiger partial charge in [-0.3, -0.25) is 9.59 Å². The molecule has 37 heavy (non-hydrogen) atoms. The molecule has 0 bridgehead atoms. The van der Waals surface area contributed by atoms with Crippen molar-refractivity contribution in [2.24, 2.45) is 5.73 Å². The van der Waals surface area contributed by atoms with Gasteiger partial charge in [-0.2, -0.15) is 0 Å². The van der Waals surface area contributed by atoms with Crippen molar-refractivity contribution in [1.82, 2.24) is 0 Å². The van der Waals surface area contributed by atoms with E-state index < -0.39 is 24.6 Å². The summed E-state index contributed by atoms with van der Waals surface area (Å²) in [5.41, 5.74) is 4.47. The topological polar surface area (TPSA) is 116 Å². The van der Waals surface area contributed by atoms with E-state index >= 15 is 0 Å². The van der Waals surface area contributed by atoms with Crippen LogP contribution < -0.4 is 5.73 Å². The van der Waals surface area contributed by atoms with Gasteiger partial charge >= 0.3 is 11.9 Å². The second kappa shape index (κ2) is 28.0. The Bertz CT molecular complexity index is 1080. The van der Waals surface area contributed by atoms with E-state index in [1.807, 2.05) is 0 Å². The van der Waals surface area contributed by atoms with Gasteiger partial charge in [0.05, 0.1) is 6.61 Å². The molecule has 0 unspecified atom stereocenters. The summed E-state index contributed by atoms with van der Waals surface area (Å²) in [4.78, 5) is 32.7. The molecule has 0 radical (unpaired) electrons. The number of hydrogen-bond acceptors (Lipinski definition) is 6. The first kappa shape index (κ1) is 34.9. The van der Waals surface area contributed by atoms with Crippen LogP contribution in [-0.4, -0.2) is 42.3 Å². The fourth-order valence-electron chi connectivity index (χ4n) is 2.49. The molecule has 218 valence electrons. The predicted molar refractivity (Wildman–Crippen MR) is 166 cm³/mol. The summed E-state index contributed by atoms with van der Waals surface area (Å²) in [5, 5.41) is 9.31. The number of carbonyl (C=O) groups is 3. The molecule has 3 N–H and O–H groups in total. The monoisotopic (exact) mass is 527 g/mol. The van der Waals surface area contributed by atoms with Crippen LogP contribution in [0.25, 0.3) is 0 Å². The maximum atomic E-state index is 11.9. The van der Waals surface area contributed by atoms with Crippen LogP contribution in [0.3, 0.4) is 0 Å². The van der Waals surface area contributed by atoms with Crippen molar-refractivity contribution in [3.05, 3.63) is 0 Å². The molecule has 0 rings (SSSR count). The summed E-state index contributed by atoms with van der Waals surface area (Å²) in [6.07, 6.45) is 14.6. The molecule has 0 saturated heterocycles. The summed E-state index contributed by atoms with van der Waals surface area (Å²) in [5.74, 6) is 24.0. The molecule has 0 aliphatic heterocycles. The van der Waals surface area contributed by atoms with Gasteiger partial charge in [0.15, 0.2) is 6.10 Å².